The fraction of sp³-hybridized carbons (Fsp3) is 0.833. The molecule has 0 saturated heterocycles. The van der Waals surface area contributed by atoms with E-state index in [1.807, 2.05) is 0 Å². The van der Waals surface area contributed by atoms with Crippen LogP contribution in [-0.4, -0.2) is 29.8 Å². The summed E-state index contributed by atoms with van der Waals surface area (Å²) in [6.45, 7) is 1.80. The van der Waals surface area contributed by atoms with Crippen molar-refractivity contribution in [2.24, 2.45) is 0 Å². The molecule has 78 valence electrons. The number of carbonyl (C=O) groups excluding carboxylic acids is 1. The van der Waals surface area contributed by atoms with E-state index in [0.29, 0.717) is 6.92 Å². The van der Waals surface area contributed by atoms with Gasteiger partial charge in [0.2, 0.25) is 0 Å². The van der Waals surface area contributed by atoms with Gasteiger partial charge in [-0.3, -0.25) is 0 Å². The first kappa shape index (κ1) is 12.2. The lowest BCUT2D eigenvalue weighted by Crippen LogP contribution is -2.43. The second kappa shape index (κ2) is 3.93. The molecule has 0 aromatic carbocycles. The van der Waals surface area contributed by atoms with E-state index in [4.69, 9.17) is 5.11 Å². The monoisotopic (exact) mass is 202 g/mol. The normalized spacial score (nSPS) is 16.5. The highest BCUT2D eigenvalue weighted by molar-refractivity contribution is 5.76. The number of hydrogen-bond donors (Lipinski definition) is 1. The molecule has 0 aromatic rings. The summed E-state index contributed by atoms with van der Waals surface area (Å²) in [4.78, 5) is 10.6. The summed E-state index contributed by atoms with van der Waals surface area (Å²) in [5.74, 6) is -4.47. The van der Waals surface area contributed by atoms with Crippen LogP contribution < -0.4 is 0 Å². The molecule has 1 unspecified atom stereocenters. The summed E-state index contributed by atoms with van der Waals surface area (Å²) in [5.41, 5.74) is 0. The third-order valence-corrected chi connectivity index (χ3v) is 0.969. The van der Waals surface area contributed by atoms with E-state index in [-0.39, 0.29) is 6.61 Å². The average molecular weight is 202 g/mol. The molecular weight excluding hydrogens is 193 g/mol. The number of hydrogen-bond acceptors (Lipinski definition) is 4. The van der Waals surface area contributed by atoms with E-state index >= 15 is 0 Å². The number of halogens is 3. The van der Waals surface area contributed by atoms with Gasteiger partial charge in [-0.25, -0.2) is 9.53 Å². The lowest BCUT2D eigenvalue weighted by atomic mass is 10.3. The van der Waals surface area contributed by atoms with Crippen molar-refractivity contribution in [2.75, 3.05) is 6.61 Å². The fourth-order valence-corrected chi connectivity index (χ4v) is 0.532. The van der Waals surface area contributed by atoms with Gasteiger partial charge >= 0.3 is 12.3 Å². The maximum Gasteiger partial charge on any atom is 0.525 e. The Balaban J connectivity index is 4.30. The van der Waals surface area contributed by atoms with Crippen LogP contribution in [0.15, 0.2) is 0 Å². The van der Waals surface area contributed by atoms with Crippen LogP contribution in [0.1, 0.15) is 13.8 Å². The zero-order valence-corrected chi connectivity index (χ0v) is 7.01. The van der Waals surface area contributed by atoms with Crippen molar-refractivity contribution >= 4 is 5.97 Å². The summed E-state index contributed by atoms with van der Waals surface area (Å²) in [6, 6.07) is 0. The highest BCUT2D eigenvalue weighted by Crippen LogP contribution is 2.24. The SMILES string of the molecule is CCOC(=O)C(C)(O)OC(F)(F)F. The Morgan fingerprint density at radius 1 is 1.46 bits per heavy atom. The standard InChI is InChI=1S/C6H9F3O4/c1-3-12-4(10)5(2,11)13-6(7,8)9/h11H,3H2,1-2H3. The molecular formula is C6H9F3O4. The molecule has 0 rings (SSSR count). The molecule has 13 heavy (non-hydrogen) atoms. The van der Waals surface area contributed by atoms with Crippen molar-refractivity contribution in [3.8, 4) is 0 Å². The molecule has 0 saturated carbocycles. The van der Waals surface area contributed by atoms with E-state index in [2.05, 4.69) is 9.47 Å². The first-order valence-corrected chi connectivity index (χ1v) is 3.35. The lowest BCUT2D eigenvalue weighted by Gasteiger charge is -2.22. The van der Waals surface area contributed by atoms with Gasteiger partial charge in [-0.2, -0.15) is 0 Å². The Morgan fingerprint density at radius 2 is 1.92 bits per heavy atom. The number of carbonyl (C=O) groups is 1. The molecule has 0 radical (unpaired) electrons. The summed E-state index contributed by atoms with van der Waals surface area (Å²) >= 11 is 0. The van der Waals surface area contributed by atoms with Crippen LogP contribution in [-0.2, 0) is 14.3 Å². The molecule has 0 spiro atoms. The molecule has 0 aliphatic heterocycles. The second-order valence-corrected chi connectivity index (χ2v) is 2.25. The minimum Gasteiger partial charge on any atom is -0.462 e. The topological polar surface area (TPSA) is 55.8 Å². The van der Waals surface area contributed by atoms with E-state index in [0.717, 1.165) is 0 Å². The maximum absolute atomic E-state index is 11.6. The Hall–Kier alpha value is -0.820. The molecule has 0 aliphatic rings. The molecule has 7 heteroatoms. The first-order valence-electron chi connectivity index (χ1n) is 3.35. The van der Waals surface area contributed by atoms with Crippen LogP contribution >= 0.6 is 0 Å². The largest absolute Gasteiger partial charge is 0.525 e. The van der Waals surface area contributed by atoms with Gasteiger partial charge < -0.3 is 9.84 Å². The quantitative estimate of drug-likeness (QED) is 0.543. The molecule has 1 atom stereocenters. The van der Waals surface area contributed by atoms with Crippen molar-refractivity contribution in [3.05, 3.63) is 0 Å². The molecule has 0 bridgehead atoms. The average Bonchev–Trinajstić information content (AvgIpc) is 1.82. The first-order chi connectivity index (χ1) is 5.69. The highest BCUT2D eigenvalue weighted by Gasteiger charge is 2.45. The zero-order valence-electron chi connectivity index (χ0n) is 7.01. The van der Waals surface area contributed by atoms with Crippen LogP contribution in [0.25, 0.3) is 0 Å². The summed E-state index contributed by atoms with van der Waals surface area (Å²) in [5, 5.41) is 8.83. The third-order valence-electron chi connectivity index (χ3n) is 0.969. The Kier molecular flexibility index (Phi) is 3.68. The van der Waals surface area contributed by atoms with E-state index in [1.54, 1.807) is 0 Å². The Morgan fingerprint density at radius 3 is 2.23 bits per heavy atom. The third kappa shape index (κ3) is 4.69. The van der Waals surface area contributed by atoms with Crippen molar-refractivity contribution in [1.29, 1.82) is 0 Å². The van der Waals surface area contributed by atoms with Gasteiger partial charge in [0, 0.05) is 6.92 Å². The van der Waals surface area contributed by atoms with E-state index < -0.39 is 18.1 Å². The fourth-order valence-electron chi connectivity index (χ4n) is 0.532. The molecule has 0 fully saturated rings. The number of alkyl halides is 3. The number of rotatable bonds is 3. The lowest BCUT2D eigenvalue weighted by molar-refractivity contribution is -0.396. The summed E-state index contributed by atoms with van der Waals surface area (Å²) in [6.07, 6.45) is -5.09. The Bertz CT molecular complexity index is 187. The zero-order chi connectivity index (χ0) is 10.7. The van der Waals surface area contributed by atoms with E-state index in [9.17, 15) is 18.0 Å². The van der Waals surface area contributed by atoms with E-state index in [1.165, 1.54) is 6.92 Å². The summed E-state index contributed by atoms with van der Waals surface area (Å²) in [7, 11) is 0. The molecule has 0 aliphatic carbocycles. The number of ether oxygens (including phenoxy) is 2. The maximum atomic E-state index is 11.6. The van der Waals surface area contributed by atoms with Crippen LogP contribution in [0.4, 0.5) is 13.2 Å². The Labute approximate surface area is 72.2 Å². The van der Waals surface area contributed by atoms with Crippen molar-refractivity contribution in [2.45, 2.75) is 26.0 Å². The number of esters is 1. The van der Waals surface area contributed by atoms with Crippen LogP contribution in [0.5, 0.6) is 0 Å². The number of aliphatic hydroxyl groups is 1. The highest BCUT2D eigenvalue weighted by atomic mass is 19.4. The summed E-state index contributed by atoms with van der Waals surface area (Å²) < 4.78 is 41.9. The van der Waals surface area contributed by atoms with Gasteiger partial charge in [-0.05, 0) is 6.92 Å². The van der Waals surface area contributed by atoms with Crippen molar-refractivity contribution in [3.63, 3.8) is 0 Å². The molecule has 0 heterocycles. The van der Waals surface area contributed by atoms with Crippen LogP contribution in [0, 0.1) is 0 Å². The second-order valence-electron chi connectivity index (χ2n) is 2.25. The molecule has 0 aromatic heterocycles. The van der Waals surface area contributed by atoms with Gasteiger partial charge in [-0.15, -0.1) is 13.2 Å². The molecule has 4 nitrogen and oxygen atoms in total. The van der Waals surface area contributed by atoms with Gasteiger partial charge in [0.05, 0.1) is 6.61 Å². The minimum absolute atomic E-state index is 0.143. The van der Waals surface area contributed by atoms with Crippen molar-refractivity contribution < 1.29 is 32.5 Å². The predicted octanol–water partition coefficient (Wildman–Crippen LogP) is 0.794. The van der Waals surface area contributed by atoms with Crippen LogP contribution in [0.2, 0.25) is 0 Å². The van der Waals surface area contributed by atoms with Crippen molar-refractivity contribution in [1.82, 2.24) is 0 Å². The minimum atomic E-state index is -5.09. The van der Waals surface area contributed by atoms with Gasteiger partial charge in [0.15, 0.2) is 0 Å². The van der Waals surface area contributed by atoms with Gasteiger partial charge in [0.1, 0.15) is 0 Å². The van der Waals surface area contributed by atoms with Gasteiger partial charge in [-0.1, -0.05) is 0 Å². The smallest absolute Gasteiger partial charge is 0.462 e. The van der Waals surface area contributed by atoms with Gasteiger partial charge in [0.25, 0.3) is 5.79 Å². The molecule has 1 N–H and O–H groups in total. The predicted molar refractivity (Wildman–Crippen MR) is 34.4 cm³/mol. The molecule has 0 amide bonds. The van der Waals surface area contributed by atoms with Crippen LogP contribution in [0.3, 0.4) is 0 Å².